The van der Waals surface area contributed by atoms with Crippen LogP contribution in [0.1, 0.15) is 31.4 Å². The predicted octanol–water partition coefficient (Wildman–Crippen LogP) is 4.64. The summed E-state index contributed by atoms with van der Waals surface area (Å²) in [6.07, 6.45) is 8.38. The lowest BCUT2D eigenvalue weighted by molar-refractivity contribution is 0.512. The van der Waals surface area contributed by atoms with Crippen LogP contribution in [-0.2, 0) is 0 Å². The lowest BCUT2D eigenvalue weighted by Crippen LogP contribution is -2.00. The highest BCUT2D eigenvalue weighted by atomic mass is 19.1. The van der Waals surface area contributed by atoms with Crippen LogP contribution in [0.3, 0.4) is 0 Å². The first-order valence-corrected chi connectivity index (χ1v) is 6.10. The largest absolute Gasteiger partial charge is 0.508 e. The van der Waals surface area contributed by atoms with Crippen LogP contribution in [0.5, 0.6) is 0 Å². The highest BCUT2D eigenvalue weighted by molar-refractivity contribution is 6.02. The molecule has 0 saturated heterocycles. The fraction of sp³-hybridized carbons (Fsp3) is 0.188. The first-order chi connectivity index (χ1) is 9.06. The molecule has 0 unspecified atom stereocenters. The van der Waals surface area contributed by atoms with E-state index in [2.05, 4.69) is 18.5 Å². The third-order valence-electron chi connectivity index (χ3n) is 2.52. The smallest absolute Gasteiger partial charge is 0.123 e. The Morgan fingerprint density at radius 2 is 2.11 bits per heavy atom. The third kappa shape index (κ3) is 4.54. The van der Waals surface area contributed by atoms with E-state index in [-0.39, 0.29) is 5.76 Å². The van der Waals surface area contributed by atoms with Crippen molar-refractivity contribution in [1.29, 1.82) is 0 Å². The minimum Gasteiger partial charge on any atom is -0.508 e. The highest BCUT2D eigenvalue weighted by Gasteiger charge is 2.08. The van der Waals surface area contributed by atoms with Gasteiger partial charge in [-0.15, -0.1) is 0 Å². The number of nitrogens with zero attached hydrogens (tertiary/aromatic N) is 1. The molecule has 0 bridgehead atoms. The van der Waals surface area contributed by atoms with Crippen LogP contribution >= 0.6 is 0 Å². The molecule has 0 aliphatic carbocycles. The van der Waals surface area contributed by atoms with E-state index in [1.165, 1.54) is 12.1 Å². The molecular weight excluding hydrogens is 241 g/mol. The summed E-state index contributed by atoms with van der Waals surface area (Å²) in [6, 6.07) is 4.17. The van der Waals surface area contributed by atoms with Crippen molar-refractivity contribution < 1.29 is 9.50 Å². The van der Waals surface area contributed by atoms with Crippen LogP contribution < -0.4 is 0 Å². The molecule has 0 aliphatic rings. The van der Waals surface area contributed by atoms with Gasteiger partial charge in [0.15, 0.2) is 0 Å². The molecule has 0 saturated carbocycles. The number of hydrogen-bond donors (Lipinski definition) is 1. The van der Waals surface area contributed by atoms with Crippen molar-refractivity contribution in [3.63, 3.8) is 0 Å². The van der Waals surface area contributed by atoms with Crippen LogP contribution in [0.2, 0.25) is 0 Å². The molecule has 0 radical (unpaired) electrons. The molecule has 3 heteroatoms. The number of benzene rings is 1. The molecule has 100 valence electrons. The van der Waals surface area contributed by atoms with E-state index < -0.39 is 5.82 Å². The zero-order valence-corrected chi connectivity index (χ0v) is 11.2. The summed E-state index contributed by atoms with van der Waals surface area (Å²) in [5.41, 5.74) is 1.71. The van der Waals surface area contributed by atoms with E-state index in [0.717, 1.165) is 6.42 Å². The zero-order chi connectivity index (χ0) is 14.3. The summed E-state index contributed by atoms with van der Waals surface area (Å²) in [5.74, 6) is -0.581. The molecule has 0 atom stereocenters. The summed E-state index contributed by atoms with van der Waals surface area (Å²) >= 11 is 0. The zero-order valence-electron chi connectivity index (χ0n) is 11.2. The van der Waals surface area contributed by atoms with Crippen molar-refractivity contribution in [1.82, 2.24) is 0 Å². The molecule has 0 fully saturated rings. The molecule has 1 aromatic rings. The molecular formula is C16H18FNO. The molecule has 0 spiro atoms. The van der Waals surface area contributed by atoms with E-state index in [0.29, 0.717) is 16.8 Å². The summed E-state index contributed by atoms with van der Waals surface area (Å²) in [7, 11) is 0. The predicted molar refractivity (Wildman–Crippen MR) is 78.8 cm³/mol. The van der Waals surface area contributed by atoms with Gasteiger partial charge in [-0.05, 0) is 37.6 Å². The Hall–Kier alpha value is -2.16. The van der Waals surface area contributed by atoms with Crippen LogP contribution in [-0.4, -0.2) is 10.8 Å². The number of allylic oxidation sites excluding steroid dienone is 3. The van der Waals surface area contributed by atoms with E-state index in [1.54, 1.807) is 19.2 Å². The molecule has 2 nitrogen and oxygen atoms in total. The molecule has 19 heavy (non-hydrogen) atoms. The Labute approximate surface area is 113 Å². The topological polar surface area (TPSA) is 32.6 Å². The second-order valence-electron chi connectivity index (χ2n) is 4.03. The number of aliphatic imine (C=N–C) groups is 1. The molecule has 0 amide bonds. The second kappa shape index (κ2) is 7.31. The minimum atomic E-state index is -0.414. The van der Waals surface area contributed by atoms with Crippen molar-refractivity contribution in [2.75, 3.05) is 0 Å². The van der Waals surface area contributed by atoms with E-state index in [9.17, 15) is 9.50 Å². The van der Waals surface area contributed by atoms with Gasteiger partial charge in [-0.2, -0.15) is 0 Å². The molecule has 1 aromatic carbocycles. The third-order valence-corrected chi connectivity index (χ3v) is 2.52. The van der Waals surface area contributed by atoms with Gasteiger partial charge in [0.05, 0.1) is 0 Å². The summed E-state index contributed by atoms with van der Waals surface area (Å²) in [5, 5.41) is 9.47. The summed E-state index contributed by atoms with van der Waals surface area (Å²) < 4.78 is 13.1. The van der Waals surface area contributed by atoms with Crippen molar-refractivity contribution in [3.05, 3.63) is 66.2 Å². The van der Waals surface area contributed by atoms with Gasteiger partial charge in [-0.25, -0.2) is 4.39 Å². The van der Waals surface area contributed by atoms with Crippen molar-refractivity contribution in [3.8, 4) is 0 Å². The van der Waals surface area contributed by atoms with Gasteiger partial charge in [0.1, 0.15) is 11.6 Å². The number of rotatable bonds is 5. The molecule has 1 N–H and O–H groups in total. The Morgan fingerprint density at radius 1 is 1.37 bits per heavy atom. The molecule has 0 heterocycles. The summed E-state index contributed by atoms with van der Waals surface area (Å²) in [6.45, 7) is 7.29. The van der Waals surface area contributed by atoms with Gasteiger partial charge in [-0.1, -0.05) is 25.7 Å². The van der Waals surface area contributed by atoms with E-state index in [1.807, 2.05) is 18.2 Å². The van der Waals surface area contributed by atoms with Gasteiger partial charge >= 0.3 is 0 Å². The second-order valence-corrected chi connectivity index (χ2v) is 4.03. The lowest BCUT2D eigenvalue weighted by Gasteiger charge is -2.07. The van der Waals surface area contributed by atoms with E-state index >= 15 is 0 Å². The number of hydrogen-bond acceptors (Lipinski definition) is 2. The maximum absolute atomic E-state index is 13.1. The number of aliphatic hydroxyl groups is 1. The van der Waals surface area contributed by atoms with Gasteiger partial charge < -0.3 is 5.11 Å². The summed E-state index contributed by atoms with van der Waals surface area (Å²) in [4.78, 5) is 4.25. The number of halogens is 1. The molecule has 0 aromatic heterocycles. The maximum atomic E-state index is 13.1. The lowest BCUT2D eigenvalue weighted by atomic mass is 10.0. The van der Waals surface area contributed by atoms with E-state index in [4.69, 9.17) is 0 Å². The van der Waals surface area contributed by atoms with Crippen LogP contribution in [0.15, 0.2) is 54.2 Å². The monoisotopic (exact) mass is 259 g/mol. The van der Waals surface area contributed by atoms with Crippen molar-refractivity contribution in [2.45, 2.75) is 20.3 Å². The fourth-order valence-corrected chi connectivity index (χ4v) is 1.56. The minimum absolute atomic E-state index is 0.168. The van der Waals surface area contributed by atoms with Gasteiger partial charge in [-0.3, -0.25) is 4.99 Å². The average Bonchev–Trinajstić information content (AvgIpc) is 2.38. The van der Waals surface area contributed by atoms with Gasteiger partial charge in [0.25, 0.3) is 0 Å². The Balaban J connectivity index is 3.02. The Bertz CT molecular complexity index is 542. The van der Waals surface area contributed by atoms with Crippen LogP contribution in [0.25, 0.3) is 5.76 Å². The normalized spacial score (nSPS) is 12.5. The average molecular weight is 259 g/mol. The fourth-order valence-electron chi connectivity index (χ4n) is 1.56. The van der Waals surface area contributed by atoms with Gasteiger partial charge in [0, 0.05) is 23.0 Å². The maximum Gasteiger partial charge on any atom is 0.123 e. The van der Waals surface area contributed by atoms with Crippen LogP contribution in [0.4, 0.5) is 4.39 Å². The van der Waals surface area contributed by atoms with Crippen molar-refractivity contribution in [2.24, 2.45) is 4.99 Å². The first kappa shape index (κ1) is 14.9. The molecule has 1 rings (SSSR count). The van der Waals surface area contributed by atoms with Gasteiger partial charge in [0.2, 0.25) is 0 Å². The van der Waals surface area contributed by atoms with Crippen molar-refractivity contribution >= 4 is 11.5 Å². The Morgan fingerprint density at radius 3 is 2.74 bits per heavy atom. The first-order valence-electron chi connectivity index (χ1n) is 6.10. The van der Waals surface area contributed by atoms with Crippen LogP contribution in [0, 0.1) is 5.82 Å². The standard InChI is InChI=1S/C16H18FNO/c1-4-5-6-7-10-18-12(2)15-9-8-14(17)11-16(15)13(3)19/h5-11,19H,3-4H2,1-2H3/b6-5+,10-7-,18-12+. The Kier molecular flexibility index (Phi) is 5.73. The number of aliphatic hydroxyl groups excluding tert-OH is 1. The molecule has 0 aliphatic heterocycles. The highest BCUT2D eigenvalue weighted by Crippen LogP contribution is 2.18. The SMILES string of the molecule is C=C(O)c1cc(F)ccc1/C(C)=N/C=C\C=C\CC. The quantitative estimate of drug-likeness (QED) is 0.466.